The van der Waals surface area contributed by atoms with Crippen LogP contribution in [0.4, 0.5) is 5.69 Å². The van der Waals surface area contributed by atoms with Gasteiger partial charge in [-0.15, -0.1) is 0 Å². The van der Waals surface area contributed by atoms with Crippen molar-refractivity contribution in [2.75, 3.05) is 44.2 Å². The number of hydrogen-bond acceptors (Lipinski definition) is 4. The molecule has 4 nitrogen and oxygen atoms in total. The van der Waals surface area contributed by atoms with Crippen molar-refractivity contribution in [1.29, 1.82) is 0 Å². The molecular weight excluding hydrogens is 260 g/mol. The first kappa shape index (κ1) is 16.2. The van der Waals surface area contributed by atoms with Crippen LogP contribution in [0.15, 0.2) is 18.3 Å². The summed E-state index contributed by atoms with van der Waals surface area (Å²) in [6, 6.07) is 4.70. The molecule has 1 aromatic heterocycles. The van der Waals surface area contributed by atoms with Crippen LogP contribution in [0.25, 0.3) is 0 Å². The Balaban J connectivity index is 1.89. The second kappa shape index (κ2) is 7.76. The number of piperazine rings is 1. The Hall–Kier alpha value is -1.13. The van der Waals surface area contributed by atoms with Gasteiger partial charge in [0.05, 0.1) is 17.6 Å². The number of nitrogens with one attached hydrogen (secondary N) is 1. The lowest BCUT2D eigenvalue weighted by atomic mass is 10.1. The van der Waals surface area contributed by atoms with Gasteiger partial charge in [-0.2, -0.15) is 0 Å². The monoisotopic (exact) mass is 290 g/mol. The van der Waals surface area contributed by atoms with Crippen molar-refractivity contribution in [3.05, 3.63) is 24.0 Å². The molecule has 0 bridgehead atoms. The van der Waals surface area contributed by atoms with Gasteiger partial charge in [0.1, 0.15) is 0 Å². The lowest BCUT2D eigenvalue weighted by Gasteiger charge is -2.36. The molecule has 1 atom stereocenters. The van der Waals surface area contributed by atoms with Crippen molar-refractivity contribution >= 4 is 5.69 Å². The fourth-order valence-electron chi connectivity index (χ4n) is 2.96. The van der Waals surface area contributed by atoms with E-state index >= 15 is 0 Å². The van der Waals surface area contributed by atoms with Crippen molar-refractivity contribution < 1.29 is 0 Å². The molecule has 0 aliphatic carbocycles. The average Bonchev–Trinajstić information content (AvgIpc) is 2.48. The summed E-state index contributed by atoms with van der Waals surface area (Å²) in [6.07, 6.45) is 2.03. The highest BCUT2D eigenvalue weighted by Crippen LogP contribution is 2.18. The molecule has 2 rings (SSSR count). The summed E-state index contributed by atoms with van der Waals surface area (Å²) in [5.41, 5.74) is 2.38. The lowest BCUT2D eigenvalue weighted by Crippen LogP contribution is -2.47. The molecule has 1 N–H and O–H groups in total. The third-order valence-corrected chi connectivity index (χ3v) is 4.09. The first-order chi connectivity index (χ1) is 10.1. The Morgan fingerprint density at radius 2 is 1.86 bits per heavy atom. The van der Waals surface area contributed by atoms with E-state index in [0.29, 0.717) is 6.04 Å². The van der Waals surface area contributed by atoms with Crippen LogP contribution >= 0.6 is 0 Å². The van der Waals surface area contributed by atoms with Crippen LogP contribution in [0.2, 0.25) is 0 Å². The van der Waals surface area contributed by atoms with E-state index in [1.54, 1.807) is 0 Å². The normalized spacial score (nSPS) is 18.2. The summed E-state index contributed by atoms with van der Waals surface area (Å²) >= 11 is 0. The van der Waals surface area contributed by atoms with Gasteiger partial charge in [0, 0.05) is 38.8 Å². The predicted molar refractivity (Wildman–Crippen MR) is 89.8 cm³/mol. The molecule has 1 fully saturated rings. The molecule has 1 saturated heterocycles. The van der Waals surface area contributed by atoms with Gasteiger partial charge < -0.3 is 10.2 Å². The van der Waals surface area contributed by atoms with Crippen LogP contribution < -0.4 is 10.2 Å². The third-order valence-electron chi connectivity index (χ3n) is 4.09. The molecule has 0 amide bonds. The summed E-state index contributed by atoms with van der Waals surface area (Å²) < 4.78 is 0. The molecule has 21 heavy (non-hydrogen) atoms. The van der Waals surface area contributed by atoms with Crippen LogP contribution in [-0.4, -0.2) is 49.2 Å². The molecule has 1 aliphatic rings. The van der Waals surface area contributed by atoms with Gasteiger partial charge in [0.15, 0.2) is 0 Å². The van der Waals surface area contributed by atoms with Crippen molar-refractivity contribution in [3.63, 3.8) is 0 Å². The zero-order valence-electron chi connectivity index (χ0n) is 14.0. The topological polar surface area (TPSA) is 31.4 Å². The van der Waals surface area contributed by atoms with Gasteiger partial charge in [0.2, 0.25) is 0 Å². The smallest absolute Gasteiger partial charge is 0.0572 e. The first-order valence-corrected chi connectivity index (χ1v) is 8.26. The SMILES string of the molecule is CCNC(C)c1ccc(N2CCN(CC(C)C)CC2)cn1. The van der Waals surface area contributed by atoms with Crippen molar-refractivity contribution in [2.24, 2.45) is 5.92 Å². The Morgan fingerprint density at radius 1 is 1.14 bits per heavy atom. The minimum atomic E-state index is 0.326. The summed E-state index contributed by atoms with van der Waals surface area (Å²) in [6.45, 7) is 15.6. The molecule has 0 radical (unpaired) electrons. The van der Waals surface area contributed by atoms with Gasteiger partial charge in [-0.25, -0.2) is 0 Å². The molecule has 1 aromatic rings. The maximum atomic E-state index is 4.62. The van der Waals surface area contributed by atoms with Crippen LogP contribution in [0.5, 0.6) is 0 Å². The standard InChI is InChI=1S/C17H30N4/c1-5-18-15(4)17-7-6-16(12-19-17)21-10-8-20(9-11-21)13-14(2)3/h6-7,12,14-15,18H,5,8-11,13H2,1-4H3. The fourth-order valence-corrected chi connectivity index (χ4v) is 2.96. The van der Waals surface area contributed by atoms with Gasteiger partial charge in [-0.05, 0) is 31.5 Å². The number of nitrogens with zero attached hydrogens (tertiary/aromatic N) is 3. The molecule has 0 saturated carbocycles. The quantitative estimate of drug-likeness (QED) is 0.872. The number of anilines is 1. The predicted octanol–water partition coefficient (Wildman–Crippen LogP) is 2.53. The highest BCUT2D eigenvalue weighted by Gasteiger charge is 2.18. The summed E-state index contributed by atoms with van der Waals surface area (Å²) in [5, 5.41) is 3.40. The maximum Gasteiger partial charge on any atom is 0.0572 e. The van der Waals surface area contributed by atoms with E-state index < -0.39 is 0 Å². The fraction of sp³-hybridized carbons (Fsp3) is 0.706. The largest absolute Gasteiger partial charge is 0.368 e. The minimum Gasteiger partial charge on any atom is -0.368 e. The Bertz CT molecular complexity index is 407. The molecule has 4 heteroatoms. The third kappa shape index (κ3) is 4.68. The van der Waals surface area contributed by atoms with Gasteiger partial charge >= 0.3 is 0 Å². The Labute approximate surface area is 129 Å². The Morgan fingerprint density at radius 3 is 2.38 bits per heavy atom. The van der Waals surface area contributed by atoms with E-state index in [1.807, 2.05) is 6.20 Å². The molecule has 1 aliphatic heterocycles. The maximum absolute atomic E-state index is 4.62. The summed E-state index contributed by atoms with van der Waals surface area (Å²) in [5.74, 6) is 0.755. The minimum absolute atomic E-state index is 0.326. The van der Waals surface area contributed by atoms with Gasteiger partial charge in [-0.1, -0.05) is 20.8 Å². The lowest BCUT2D eigenvalue weighted by molar-refractivity contribution is 0.231. The van der Waals surface area contributed by atoms with Crippen molar-refractivity contribution in [3.8, 4) is 0 Å². The number of hydrogen-bond donors (Lipinski definition) is 1. The Kier molecular flexibility index (Phi) is 6.00. The molecule has 2 heterocycles. The van der Waals surface area contributed by atoms with E-state index in [0.717, 1.165) is 44.3 Å². The molecule has 0 spiro atoms. The second-order valence-electron chi connectivity index (χ2n) is 6.40. The summed E-state index contributed by atoms with van der Waals surface area (Å²) in [4.78, 5) is 9.64. The molecule has 1 unspecified atom stereocenters. The van der Waals surface area contributed by atoms with Crippen LogP contribution in [0, 0.1) is 5.92 Å². The molecule has 118 valence electrons. The number of aromatic nitrogens is 1. The highest BCUT2D eigenvalue weighted by atomic mass is 15.3. The van der Waals surface area contributed by atoms with E-state index in [4.69, 9.17) is 0 Å². The molecule has 0 aromatic carbocycles. The van der Waals surface area contributed by atoms with Crippen LogP contribution in [-0.2, 0) is 0 Å². The number of rotatable bonds is 6. The highest BCUT2D eigenvalue weighted by molar-refractivity contribution is 5.45. The van der Waals surface area contributed by atoms with Gasteiger partial charge in [-0.3, -0.25) is 9.88 Å². The van der Waals surface area contributed by atoms with Crippen molar-refractivity contribution in [2.45, 2.75) is 33.7 Å². The van der Waals surface area contributed by atoms with E-state index in [1.165, 1.54) is 12.2 Å². The van der Waals surface area contributed by atoms with E-state index in [2.05, 4.69) is 59.9 Å². The second-order valence-corrected chi connectivity index (χ2v) is 6.40. The van der Waals surface area contributed by atoms with Crippen molar-refractivity contribution in [1.82, 2.24) is 15.2 Å². The van der Waals surface area contributed by atoms with Crippen LogP contribution in [0.3, 0.4) is 0 Å². The average molecular weight is 290 g/mol. The number of pyridine rings is 1. The summed E-state index contributed by atoms with van der Waals surface area (Å²) in [7, 11) is 0. The molecular formula is C17H30N4. The zero-order chi connectivity index (χ0) is 15.2. The van der Waals surface area contributed by atoms with E-state index in [-0.39, 0.29) is 0 Å². The van der Waals surface area contributed by atoms with E-state index in [9.17, 15) is 0 Å². The zero-order valence-corrected chi connectivity index (χ0v) is 14.0. The first-order valence-electron chi connectivity index (χ1n) is 8.26. The van der Waals surface area contributed by atoms with Crippen LogP contribution in [0.1, 0.15) is 39.4 Å². The van der Waals surface area contributed by atoms with Gasteiger partial charge in [0.25, 0.3) is 0 Å².